The van der Waals surface area contributed by atoms with E-state index < -0.39 is 0 Å². The Kier molecular flexibility index (Phi) is 2.14. The van der Waals surface area contributed by atoms with Crippen LogP contribution in [0.15, 0.2) is 0 Å². The van der Waals surface area contributed by atoms with Gasteiger partial charge in [0, 0.05) is 39.3 Å². The van der Waals surface area contributed by atoms with Gasteiger partial charge < -0.3 is 0 Å². The Morgan fingerprint density at radius 3 is 2.09 bits per heavy atom. The number of hydrogen-bond acceptors (Lipinski definition) is 2. The summed E-state index contributed by atoms with van der Waals surface area (Å²) < 4.78 is 0. The van der Waals surface area contributed by atoms with Crippen LogP contribution in [0, 0.1) is 7.05 Å². The fourth-order valence-electron chi connectivity index (χ4n) is 1.88. The Labute approximate surface area is 69.2 Å². The molecule has 1 aliphatic carbocycles. The van der Waals surface area contributed by atoms with Crippen LogP contribution in [0.2, 0.25) is 0 Å². The van der Waals surface area contributed by atoms with Crippen molar-refractivity contribution in [3.05, 3.63) is 7.05 Å². The van der Waals surface area contributed by atoms with Crippen molar-refractivity contribution in [2.75, 3.05) is 26.2 Å². The van der Waals surface area contributed by atoms with E-state index in [9.17, 15) is 0 Å². The van der Waals surface area contributed by atoms with Gasteiger partial charge in [-0.3, -0.25) is 9.80 Å². The fraction of sp³-hybridized carbons (Fsp3) is 0.889. The van der Waals surface area contributed by atoms with Crippen LogP contribution in [0.3, 0.4) is 0 Å². The van der Waals surface area contributed by atoms with Gasteiger partial charge in [0.2, 0.25) is 0 Å². The first-order valence-corrected chi connectivity index (χ1v) is 4.66. The third kappa shape index (κ3) is 1.57. The summed E-state index contributed by atoms with van der Waals surface area (Å²) in [7, 11) is 3.94. The zero-order valence-corrected chi connectivity index (χ0v) is 7.13. The van der Waals surface area contributed by atoms with Crippen LogP contribution < -0.4 is 0 Å². The molecule has 0 amide bonds. The van der Waals surface area contributed by atoms with E-state index >= 15 is 0 Å². The summed E-state index contributed by atoms with van der Waals surface area (Å²) in [6, 6.07) is 0.934. The van der Waals surface area contributed by atoms with Crippen molar-refractivity contribution in [3.63, 3.8) is 0 Å². The van der Waals surface area contributed by atoms with Gasteiger partial charge in [-0.15, -0.1) is 0 Å². The first-order chi connectivity index (χ1) is 5.36. The molecule has 11 heavy (non-hydrogen) atoms. The van der Waals surface area contributed by atoms with E-state index in [4.69, 9.17) is 0 Å². The smallest absolute Gasteiger partial charge is 0.0113 e. The quantitative estimate of drug-likeness (QED) is 0.553. The summed E-state index contributed by atoms with van der Waals surface area (Å²) in [5.41, 5.74) is 0. The predicted molar refractivity (Wildman–Crippen MR) is 46.1 cm³/mol. The highest BCUT2D eigenvalue weighted by Crippen LogP contribution is 2.25. The van der Waals surface area contributed by atoms with E-state index in [1.165, 1.54) is 32.4 Å². The van der Waals surface area contributed by atoms with Gasteiger partial charge in [-0.2, -0.15) is 0 Å². The van der Waals surface area contributed by atoms with Gasteiger partial charge in [-0.1, -0.05) is 6.42 Å². The monoisotopic (exact) mass is 153 g/mol. The molecule has 0 aromatic rings. The zero-order chi connectivity index (χ0) is 7.68. The molecule has 2 nitrogen and oxygen atoms in total. The molecule has 0 bridgehead atoms. The van der Waals surface area contributed by atoms with Crippen molar-refractivity contribution in [2.45, 2.75) is 25.3 Å². The van der Waals surface area contributed by atoms with E-state index in [1.807, 2.05) is 0 Å². The van der Waals surface area contributed by atoms with Crippen molar-refractivity contribution >= 4 is 0 Å². The van der Waals surface area contributed by atoms with Crippen LogP contribution in [0.4, 0.5) is 0 Å². The molecule has 2 aliphatic rings. The minimum absolute atomic E-state index is 0.934. The summed E-state index contributed by atoms with van der Waals surface area (Å²) in [5.74, 6) is 0. The van der Waals surface area contributed by atoms with Gasteiger partial charge in [-0.05, 0) is 12.8 Å². The second-order valence-corrected chi connectivity index (χ2v) is 3.74. The Morgan fingerprint density at radius 2 is 1.64 bits per heavy atom. The molecule has 0 N–H and O–H groups in total. The third-order valence-corrected chi connectivity index (χ3v) is 3.00. The molecule has 0 aromatic heterocycles. The van der Waals surface area contributed by atoms with Gasteiger partial charge in [-0.25, -0.2) is 0 Å². The largest absolute Gasteiger partial charge is 0.300 e. The summed E-state index contributed by atoms with van der Waals surface area (Å²) in [6.07, 6.45) is 4.34. The predicted octanol–water partition coefficient (Wildman–Crippen LogP) is 0.948. The Balaban J connectivity index is 1.77. The number of rotatable bonds is 1. The molecule has 2 rings (SSSR count). The Bertz CT molecular complexity index is 124. The van der Waals surface area contributed by atoms with E-state index in [0.29, 0.717) is 0 Å². The SMILES string of the molecule is [CH2]N1CCN(C2CCC2)CC1. The maximum atomic E-state index is 3.94. The average molecular weight is 153 g/mol. The van der Waals surface area contributed by atoms with Crippen molar-refractivity contribution in [1.82, 2.24) is 9.80 Å². The highest BCUT2D eigenvalue weighted by Gasteiger charge is 2.26. The minimum atomic E-state index is 0.934. The van der Waals surface area contributed by atoms with E-state index in [1.54, 1.807) is 0 Å². The van der Waals surface area contributed by atoms with Crippen LogP contribution >= 0.6 is 0 Å². The molecule has 0 unspecified atom stereocenters. The first kappa shape index (κ1) is 7.56. The zero-order valence-electron chi connectivity index (χ0n) is 7.13. The van der Waals surface area contributed by atoms with Crippen molar-refractivity contribution < 1.29 is 0 Å². The molecule has 63 valence electrons. The van der Waals surface area contributed by atoms with E-state index in [-0.39, 0.29) is 0 Å². The second kappa shape index (κ2) is 3.11. The van der Waals surface area contributed by atoms with Crippen LogP contribution in [-0.2, 0) is 0 Å². The third-order valence-electron chi connectivity index (χ3n) is 3.00. The number of hydrogen-bond donors (Lipinski definition) is 0. The topological polar surface area (TPSA) is 6.48 Å². The molecule has 0 atom stereocenters. The van der Waals surface area contributed by atoms with E-state index in [2.05, 4.69) is 16.8 Å². The van der Waals surface area contributed by atoms with Gasteiger partial charge in [0.25, 0.3) is 0 Å². The number of piperazine rings is 1. The molecular formula is C9H17N2. The van der Waals surface area contributed by atoms with E-state index in [0.717, 1.165) is 19.1 Å². The maximum Gasteiger partial charge on any atom is 0.0113 e. The highest BCUT2D eigenvalue weighted by molar-refractivity contribution is 4.83. The van der Waals surface area contributed by atoms with Crippen LogP contribution in [0.25, 0.3) is 0 Å². The lowest BCUT2D eigenvalue weighted by molar-refractivity contribution is 0.0780. The lowest BCUT2D eigenvalue weighted by Crippen LogP contribution is -2.50. The maximum absolute atomic E-state index is 3.94. The summed E-state index contributed by atoms with van der Waals surface area (Å²) >= 11 is 0. The normalized spacial score (nSPS) is 30.3. The van der Waals surface area contributed by atoms with Crippen LogP contribution in [0.1, 0.15) is 19.3 Å². The molecule has 2 fully saturated rings. The molecule has 0 aromatic carbocycles. The number of nitrogens with zero attached hydrogens (tertiary/aromatic N) is 2. The molecular weight excluding hydrogens is 136 g/mol. The summed E-state index contributed by atoms with van der Waals surface area (Å²) in [5, 5.41) is 0. The van der Waals surface area contributed by atoms with Crippen molar-refractivity contribution in [2.24, 2.45) is 0 Å². The molecule has 1 saturated carbocycles. The molecule has 0 spiro atoms. The van der Waals surface area contributed by atoms with Crippen LogP contribution in [0.5, 0.6) is 0 Å². The van der Waals surface area contributed by atoms with Gasteiger partial charge >= 0.3 is 0 Å². The van der Waals surface area contributed by atoms with Gasteiger partial charge in [0.05, 0.1) is 0 Å². The average Bonchev–Trinajstić information content (AvgIpc) is 1.90. The molecule has 1 aliphatic heterocycles. The standard InChI is InChI=1S/C9H17N2/c1-10-5-7-11(8-6-10)9-3-2-4-9/h9H,1-8H2. The lowest BCUT2D eigenvalue weighted by atomic mass is 9.91. The summed E-state index contributed by atoms with van der Waals surface area (Å²) in [6.45, 7) is 4.81. The molecule has 1 radical (unpaired) electrons. The Morgan fingerprint density at radius 1 is 1.00 bits per heavy atom. The first-order valence-electron chi connectivity index (χ1n) is 4.66. The molecule has 1 heterocycles. The second-order valence-electron chi connectivity index (χ2n) is 3.74. The van der Waals surface area contributed by atoms with Crippen LogP contribution in [-0.4, -0.2) is 42.0 Å². The van der Waals surface area contributed by atoms with Gasteiger partial charge in [0.15, 0.2) is 0 Å². The minimum Gasteiger partial charge on any atom is -0.300 e. The Hall–Kier alpha value is -0.0800. The summed E-state index contributed by atoms with van der Waals surface area (Å²) in [4.78, 5) is 4.81. The molecule has 2 heteroatoms. The van der Waals surface area contributed by atoms with Crippen molar-refractivity contribution in [3.8, 4) is 0 Å². The lowest BCUT2D eigenvalue weighted by Gasteiger charge is -2.41. The highest BCUT2D eigenvalue weighted by atomic mass is 15.3. The fourth-order valence-corrected chi connectivity index (χ4v) is 1.88. The molecule has 1 saturated heterocycles. The van der Waals surface area contributed by atoms with Crippen molar-refractivity contribution in [1.29, 1.82) is 0 Å². The van der Waals surface area contributed by atoms with Gasteiger partial charge in [0.1, 0.15) is 0 Å².